The van der Waals surface area contributed by atoms with Crippen LogP contribution < -0.4 is 14.6 Å². The number of nitro benzene ring substituents is 1. The molecule has 1 aromatic heterocycles. The Kier molecular flexibility index (Phi) is 4.66. The maximum atomic E-state index is 12.5. The lowest BCUT2D eigenvalue weighted by Gasteiger charge is -2.09. The van der Waals surface area contributed by atoms with Crippen molar-refractivity contribution in [2.45, 2.75) is 6.54 Å². The number of amides is 1. The molecule has 0 saturated carbocycles. The topological polar surface area (TPSA) is 90.3 Å². The third-order valence-corrected chi connectivity index (χ3v) is 3.91. The molecule has 8 heteroatoms. The van der Waals surface area contributed by atoms with E-state index >= 15 is 0 Å². The molecule has 3 aromatic rings. The van der Waals surface area contributed by atoms with Gasteiger partial charge in [0.1, 0.15) is 5.75 Å². The largest absolute Gasteiger partial charge is 0.494 e. The van der Waals surface area contributed by atoms with E-state index in [0.29, 0.717) is 5.69 Å². The van der Waals surface area contributed by atoms with E-state index < -0.39 is 4.92 Å². The van der Waals surface area contributed by atoms with E-state index in [-0.39, 0.29) is 23.9 Å². The molecule has 26 heavy (non-hydrogen) atoms. The molecule has 0 aliphatic carbocycles. The summed E-state index contributed by atoms with van der Waals surface area (Å²) >= 11 is 0. The number of ether oxygens (including phenoxy) is 1. The number of anilines is 1. The number of hydrogen-bond acceptors (Lipinski definition) is 4. The van der Waals surface area contributed by atoms with Gasteiger partial charge in [0, 0.05) is 6.07 Å². The van der Waals surface area contributed by atoms with Gasteiger partial charge in [-0.2, -0.15) is 0 Å². The number of para-hydroxylation sites is 2. The van der Waals surface area contributed by atoms with Crippen molar-refractivity contribution in [1.82, 2.24) is 4.57 Å². The van der Waals surface area contributed by atoms with Crippen molar-refractivity contribution in [2.24, 2.45) is 0 Å². The van der Waals surface area contributed by atoms with Crippen LogP contribution in [0.15, 0.2) is 55.4 Å². The first kappa shape index (κ1) is 17.2. The normalized spacial score (nSPS) is 10.5. The molecule has 0 unspecified atom stereocenters. The lowest BCUT2D eigenvalue weighted by atomic mass is 10.2. The third kappa shape index (κ3) is 3.25. The van der Waals surface area contributed by atoms with Gasteiger partial charge in [-0.05, 0) is 18.2 Å². The van der Waals surface area contributed by atoms with Gasteiger partial charge >= 0.3 is 0 Å². The van der Waals surface area contributed by atoms with Crippen LogP contribution in [0.1, 0.15) is 0 Å². The number of benzene rings is 2. The molecule has 1 amide bonds. The van der Waals surface area contributed by atoms with E-state index in [1.54, 1.807) is 17.1 Å². The Hall–Kier alpha value is -3.68. The highest BCUT2D eigenvalue weighted by Gasteiger charge is 2.18. The molecule has 0 spiro atoms. The van der Waals surface area contributed by atoms with Crippen molar-refractivity contribution >= 4 is 34.5 Å². The van der Waals surface area contributed by atoms with E-state index in [4.69, 9.17) is 4.74 Å². The Morgan fingerprint density at radius 2 is 2.15 bits per heavy atom. The van der Waals surface area contributed by atoms with Gasteiger partial charge in [0.25, 0.3) is 11.6 Å². The summed E-state index contributed by atoms with van der Waals surface area (Å²) in [6, 6.07) is 11.7. The summed E-state index contributed by atoms with van der Waals surface area (Å²) in [6.07, 6.45) is 3.44. The number of carbonyl (C=O) groups excluding carboxylic acids is 1. The van der Waals surface area contributed by atoms with Crippen LogP contribution in [0.5, 0.6) is 5.75 Å². The average molecular weight is 353 g/mol. The van der Waals surface area contributed by atoms with Gasteiger partial charge in [0.15, 0.2) is 17.6 Å². The zero-order chi connectivity index (χ0) is 18.7. The van der Waals surface area contributed by atoms with E-state index in [2.05, 4.69) is 11.9 Å². The van der Waals surface area contributed by atoms with Crippen LogP contribution in [-0.2, 0) is 11.3 Å². The number of hydrogen-bond donors (Lipinski definition) is 1. The van der Waals surface area contributed by atoms with Crippen LogP contribution in [0, 0.1) is 10.1 Å². The van der Waals surface area contributed by atoms with Gasteiger partial charge in [-0.3, -0.25) is 14.9 Å². The van der Waals surface area contributed by atoms with Gasteiger partial charge in [-0.25, -0.2) is 9.13 Å². The van der Waals surface area contributed by atoms with Crippen LogP contribution >= 0.6 is 0 Å². The molecule has 132 valence electrons. The van der Waals surface area contributed by atoms with Crippen LogP contribution in [0.3, 0.4) is 0 Å². The van der Waals surface area contributed by atoms with Crippen molar-refractivity contribution in [3.8, 4) is 5.75 Å². The number of nitrogens with one attached hydrogen (secondary N) is 1. The fraction of sp³-hybridized carbons (Fsp3) is 0.111. The zero-order valence-electron chi connectivity index (χ0n) is 14.1. The number of methoxy groups -OCH3 is 1. The maximum Gasteiger partial charge on any atom is 0.273 e. The minimum atomic E-state index is -0.520. The van der Waals surface area contributed by atoms with Crippen molar-refractivity contribution in [2.75, 3.05) is 12.4 Å². The van der Waals surface area contributed by atoms with Crippen LogP contribution in [0.2, 0.25) is 0 Å². The summed E-state index contributed by atoms with van der Waals surface area (Å²) in [7, 11) is 1.39. The number of rotatable bonds is 6. The average Bonchev–Trinajstić information content (AvgIpc) is 2.99. The highest BCUT2D eigenvalue weighted by atomic mass is 16.6. The van der Waals surface area contributed by atoms with Gasteiger partial charge in [0.05, 0.1) is 30.0 Å². The molecule has 0 saturated heterocycles. The fourth-order valence-electron chi connectivity index (χ4n) is 2.71. The molecular formula is C18H17N4O4+. The molecule has 8 nitrogen and oxygen atoms in total. The van der Waals surface area contributed by atoms with Crippen molar-refractivity contribution in [1.29, 1.82) is 0 Å². The molecule has 3 rings (SSSR count). The number of nitro groups is 1. The van der Waals surface area contributed by atoms with Crippen LogP contribution in [0.4, 0.5) is 11.4 Å². The number of aromatic nitrogens is 2. The minimum Gasteiger partial charge on any atom is -0.494 e. The second-order valence-electron chi connectivity index (χ2n) is 5.51. The predicted octanol–water partition coefficient (Wildman–Crippen LogP) is 2.58. The lowest BCUT2D eigenvalue weighted by molar-refractivity contribution is -0.658. The number of imidazole rings is 1. The smallest absolute Gasteiger partial charge is 0.273 e. The highest BCUT2D eigenvalue weighted by molar-refractivity contribution is 5.92. The second-order valence-corrected chi connectivity index (χ2v) is 5.51. The maximum absolute atomic E-state index is 12.5. The molecule has 0 aliphatic rings. The Bertz CT molecular complexity index is 1010. The Morgan fingerprint density at radius 3 is 2.85 bits per heavy atom. The van der Waals surface area contributed by atoms with E-state index in [0.717, 1.165) is 11.0 Å². The van der Waals surface area contributed by atoms with E-state index in [9.17, 15) is 14.9 Å². The first-order chi connectivity index (χ1) is 12.5. The van der Waals surface area contributed by atoms with E-state index in [1.165, 1.54) is 25.3 Å². The van der Waals surface area contributed by atoms with Gasteiger partial charge in [-0.15, -0.1) is 0 Å². The SMILES string of the molecule is C=Cn1c[n+](CC(=O)Nc2ccc([N+](=O)[O-])cc2OC)c2ccccc21. The molecular weight excluding hydrogens is 336 g/mol. The third-order valence-electron chi connectivity index (χ3n) is 3.91. The fourth-order valence-corrected chi connectivity index (χ4v) is 2.71. The highest BCUT2D eigenvalue weighted by Crippen LogP contribution is 2.28. The summed E-state index contributed by atoms with van der Waals surface area (Å²) in [6.45, 7) is 3.83. The molecule has 2 aromatic carbocycles. The van der Waals surface area contributed by atoms with Crippen LogP contribution in [-0.4, -0.2) is 22.5 Å². The monoisotopic (exact) mass is 353 g/mol. The lowest BCUT2D eigenvalue weighted by Crippen LogP contribution is -2.39. The number of carbonyl (C=O) groups is 1. The molecule has 0 bridgehead atoms. The van der Waals surface area contributed by atoms with Gasteiger partial charge < -0.3 is 10.1 Å². The predicted molar refractivity (Wildman–Crippen MR) is 96.8 cm³/mol. The first-order valence-corrected chi connectivity index (χ1v) is 7.77. The molecule has 1 heterocycles. The standard InChI is InChI=1S/C18H16N4O4/c1-3-20-12-21(16-7-5-4-6-15(16)20)11-18(23)19-14-9-8-13(22(24)25)10-17(14)26-2/h3-10,12H,1,11H2,2H3/p+1. The van der Waals surface area contributed by atoms with Gasteiger partial charge in [-0.1, -0.05) is 18.7 Å². The Balaban J connectivity index is 1.84. The number of fused-ring (bicyclic) bond motifs is 1. The first-order valence-electron chi connectivity index (χ1n) is 7.77. The minimum absolute atomic E-state index is 0.0709. The number of non-ortho nitro benzene ring substituents is 1. The molecule has 0 radical (unpaired) electrons. The van der Waals surface area contributed by atoms with Crippen molar-refractivity contribution in [3.63, 3.8) is 0 Å². The Morgan fingerprint density at radius 1 is 1.38 bits per heavy atom. The van der Waals surface area contributed by atoms with E-state index in [1.807, 2.05) is 28.8 Å². The second kappa shape index (κ2) is 7.06. The summed E-state index contributed by atoms with van der Waals surface area (Å²) in [5.41, 5.74) is 2.08. The van der Waals surface area contributed by atoms with Crippen molar-refractivity contribution in [3.05, 3.63) is 65.5 Å². The quantitative estimate of drug-likeness (QED) is 0.419. The Labute approximate surface area is 149 Å². The zero-order valence-corrected chi connectivity index (χ0v) is 14.1. The van der Waals surface area contributed by atoms with Crippen molar-refractivity contribution < 1.29 is 19.0 Å². The summed E-state index contributed by atoms with van der Waals surface area (Å²) < 4.78 is 8.76. The van der Waals surface area contributed by atoms with Gasteiger partial charge in [0.2, 0.25) is 6.33 Å². The van der Waals surface area contributed by atoms with Crippen LogP contribution in [0.25, 0.3) is 17.2 Å². The summed E-state index contributed by atoms with van der Waals surface area (Å²) in [5, 5.41) is 13.6. The summed E-state index contributed by atoms with van der Waals surface area (Å²) in [4.78, 5) is 22.8. The molecule has 0 atom stereocenters. The summed E-state index contributed by atoms with van der Waals surface area (Å²) in [5.74, 6) is -0.0554. The molecule has 1 N–H and O–H groups in total. The molecule has 0 aliphatic heterocycles. The number of nitrogens with zero attached hydrogens (tertiary/aromatic N) is 3. The molecule has 0 fully saturated rings.